The summed E-state index contributed by atoms with van der Waals surface area (Å²) in [5, 5.41) is 0. The van der Waals surface area contributed by atoms with Gasteiger partial charge >= 0.3 is 0 Å². The molecule has 1 aromatic carbocycles. The summed E-state index contributed by atoms with van der Waals surface area (Å²) < 4.78 is 10.8. The van der Waals surface area contributed by atoms with Crippen molar-refractivity contribution in [3.8, 4) is 0 Å². The van der Waals surface area contributed by atoms with Gasteiger partial charge in [-0.25, -0.2) is 0 Å². The average Bonchev–Trinajstić information content (AvgIpc) is 3.02. The Kier molecular flexibility index (Phi) is 3.17. The fourth-order valence-corrected chi connectivity index (χ4v) is 1.43. The summed E-state index contributed by atoms with van der Waals surface area (Å²) in [6, 6.07) is 10.2. The van der Waals surface area contributed by atoms with Crippen LogP contribution in [0.5, 0.6) is 0 Å². The van der Waals surface area contributed by atoms with Crippen molar-refractivity contribution in [2.24, 2.45) is 5.92 Å². The van der Waals surface area contributed by atoms with Crippen molar-refractivity contribution in [1.29, 1.82) is 0 Å². The predicted molar refractivity (Wildman–Crippen MR) is 55.0 cm³/mol. The van der Waals surface area contributed by atoms with Gasteiger partial charge in [-0.15, -0.1) is 0 Å². The maximum Gasteiger partial charge on any atom is 0.0857 e. The Morgan fingerprint density at radius 3 is 2.79 bits per heavy atom. The van der Waals surface area contributed by atoms with Gasteiger partial charge in [0, 0.05) is 5.92 Å². The Morgan fingerprint density at radius 2 is 2.14 bits per heavy atom. The van der Waals surface area contributed by atoms with Crippen LogP contribution in [0.1, 0.15) is 12.5 Å². The first-order chi connectivity index (χ1) is 6.86. The van der Waals surface area contributed by atoms with Gasteiger partial charge in [0.05, 0.1) is 25.9 Å². The first-order valence-electron chi connectivity index (χ1n) is 5.09. The molecule has 1 aliphatic rings. The smallest absolute Gasteiger partial charge is 0.0857 e. The second-order valence-corrected chi connectivity index (χ2v) is 3.85. The summed E-state index contributed by atoms with van der Waals surface area (Å²) in [7, 11) is 0. The minimum Gasteiger partial charge on any atom is -0.376 e. The summed E-state index contributed by atoms with van der Waals surface area (Å²) in [5.41, 5.74) is 1.23. The summed E-state index contributed by atoms with van der Waals surface area (Å²) in [5.74, 6) is 0.527. The Hall–Kier alpha value is -0.860. The van der Waals surface area contributed by atoms with E-state index in [-0.39, 0.29) is 0 Å². The normalized spacial score (nSPS) is 21.9. The van der Waals surface area contributed by atoms with Crippen LogP contribution in [0.15, 0.2) is 30.3 Å². The van der Waals surface area contributed by atoms with Gasteiger partial charge in [-0.2, -0.15) is 0 Å². The number of epoxide rings is 1. The average molecular weight is 192 g/mol. The minimum absolute atomic E-state index is 0.450. The molecule has 1 fully saturated rings. The largest absolute Gasteiger partial charge is 0.376 e. The topological polar surface area (TPSA) is 21.8 Å². The molecule has 0 spiro atoms. The molecule has 0 unspecified atom stereocenters. The van der Waals surface area contributed by atoms with Crippen LogP contribution in [0.25, 0.3) is 0 Å². The van der Waals surface area contributed by atoms with Gasteiger partial charge < -0.3 is 9.47 Å². The van der Waals surface area contributed by atoms with Crippen molar-refractivity contribution in [1.82, 2.24) is 0 Å². The van der Waals surface area contributed by atoms with Crippen LogP contribution in [-0.2, 0) is 16.1 Å². The van der Waals surface area contributed by atoms with Gasteiger partial charge in [0.2, 0.25) is 0 Å². The molecule has 0 N–H and O–H groups in total. The van der Waals surface area contributed by atoms with Crippen LogP contribution < -0.4 is 0 Å². The second-order valence-electron chi connectivity index (χ2n) is 3.85. The summed E-state index contributed by atoms with van der Waals surface area (Å²) in [6.07, 6.45) is 0.450. The molecule has 1 heterocycles. The Bertz CT molecular complexity index is 267. The van der Waals surface area contributed by atoms with Crippen molar-refractivity contribution in [3.05, 3.63) is 35.9 Å². The fourth-order valence-electron chi connectivity index (χ4n) is 1.43. The summed E-state index contributed by atoms with van der Waals surface area (Å²) in [6.45, 7) is 4.58. The first-order valence-corrected chi connectivity index (χ1v) is 5.09. The highest BCUT2D eigenvalue weighted by Crippen LogP contribution is 2.20. The number of hydrogen-bond donors (Lipinski definition) is 0. The summed E-state index contributed by atoms with van der Waals surface area (Å²) in [4.78, 5) is 0. The van der Waals surface area contributed by atoms with E-state index in [1.807, 2.05) is 18.2 Å². The molecule has 0 radical (unpaired) electrons. The number of hydrogen-bond acceptors (Lipinski definition) is 2. The molecule has 0 saturated carbocycles. The maximum absolute atomic E-state index is 5.60. The number of benzene rings is 1. The lowest BCUT2D eigenvalue weighted by atomic mass is 10.1. The molecule has 1 aromatic rings. The summed E-state index contributed by atoms with van der Waals surface area (Å²) >= 11 is 0. The van der Waals surface area contributed by atoms with Gasteiger partial charge in [-0.05, 0) is 5.56 Å². The zero-order chi connectivity index (χ0) is 9.80. The predicted octanol–water partition coefficient (Wildman–Crippen LogP) is 2.24. The second kappa shape index (κ2) is 4.58. The molecule has 0 aliphatic carbocycles. The van der Waals surface area contributed by atoms with E-state index in [1.54, 1.807) is 0 Å². The molecule has 14 heavy (non-hydrogen) atoms. The Labute approximate surface area is 84.8 Å². The van der Waals surface area contributed by atoms with Gasteiger partial charge in [0.25, 0.3) is 0 Å². The van der Waals surface area contributed by atoms with Crippen LogP contribution in [0.2, 0.25) is 0 Å². The highest BCUT2D eigenvalue weighted by Gasteiger charge is 2.29. The SMILES string of the molecule is C[C@H](COCc1ccccc1)[C@H]1CO1. The maximum atomic E-state index is 5.60. The van der Waals surface area contributed by atoms with Crippen molar-refractivity contribution < 1.29 is 9.47 Å². The molecule has 2 atom stereocenters. The van der Waals surface area contributed by atoms with E-state index in [0.29, 0.717) is 18.6 Å². The lowest BCUT2D eigenvalue weighted by molar-refractivity contribution is 0.0825. The van der Waals surface area contributed by atoms with E-state index >= 15 is 0 Å². The first kappa shape index (κ1) is 9.69. The van der Waals surface area contributed by atoms with Gasteiger partial charge in [0.15, 0.2) is 0 Å². The molecule has 1 saturated heterocycles. The molecule has 0 aromatic heterocycles. The molecule has 2 nitrogen and oxygen atoms in total. The van der Waals surface area contributed by atoms with Gasteiger partial charge in [-0.1, -0.05) is 37.3 Å². The van der Waals surface area contributed by atoms with Crippen LogP contribution in [-0.4, -0.2) is 19.3 Å². The van der Waals surface area contributed by atoms with Gasteiger partial charge in [0.1, 0.15) is 0 Å². The van der Waals surface area contributed by atoms with Crippen LogP contribution >= 0.6 is 0 Å². The van der Waals surface area contributed by atoms with Crippen LogP contribution in [0.4, 0.5) is 0 Å². The van der Waals surface area contributed by atoms with E-state index in [9.17, 15) is 0 Å². The monoisotopic (exact) mass is 192 g/mol. The lowest BCUT2D eigenvalue weighted by Gasteiger charge is -2.08. The number of rotatable bonds is 5. The van der Waals surface area contributed by atoms with E-state index in [2.05, 4.69) is 19.1 Å². The third-order valence-electron chi connectivity index (χ3n) is 2.49. The van der Waals surface area contributed by atoms with E-state index in [0.717, 1.165) is 13.2 Å². The third-order valence-corrected chi connectivity index (χ3v) is 2.49. The molecular weight excluding hydrogens is 176 g/mol. The quantitative estimate of drug-likeness (QED) is 0.667. The van der Waals surface area contributed by atoms with Gasteiger partial charge in [-0.3, -0.25) is 0 Å². The minimum atomic E-state index is 0.450. The Balaban J connectivity index is 1.67. The van der Waals surface area contributed by atoms with E-state index in [4.69, 9.17) is 9.47 Å². The van der Waals surface area contributed by atoms with E-state index < -0.39 is 0 Å². The standard InChI is InChI=1S/C12H16O2/c1-10(12-9-14-12)7-13-8-11-5-3-2-4-6-11/h2-6,10,12H,7-9H2,1H3/t10-,12-/m1/s1. The lowest BCUT2D eigenvalue weighted by Crippen LogP contribution is -2.11. The highest BCUT2D eigenvalue weighted by molar-refractivity contribution is 5.13. The fraction of sp³-hybridized carbons (Fsp3) is 0.500. The third kappa shape index (κ3) is 2.82. The zero-order valence-electron chi connectivity index (χ0n) is 8.48. The van der Waals surface area contributed by atoms with Crippen LogP contribution in [0.3, 0.4) is 0 Å². The van der Waals surface area contributed by atoms with Crippen molar-refractivity contribution in [2.45, 2.75) is 19.6 Å². The van der Waals surface area contributed by atoms with Crippen molar-refractivity contribution in [2.75, 3.05) is 13.2 Å². The van der Waals surface area contributed by atoms with E-state index in [1.165, 1.54) is 5.56 Å². The molecule has 2 rings (SSSR count). The number of ether oxygens (including phenoxy) is 2. The Morgan fingerprint density at radius 1 is 1.43 bits per heavy atom. The molecule has 2 heteroatoms. The molecule has 0 amide bonds. The molecular formula is C12H16O2. The van der Waals surface area contributed by atoms with Crippen LogP contribution in [0, 0.1) is 5.92 Å². The molecule has 1 aliphatic heterocycles. The molecule has 0 bridgehead atoms. The highest BCUT2D eigenvalue weighted by atomic mass is 16.6. The molecule has 76 valence electrons. The van der Waals surface area contributed by atoms with Crippen molar-refractivity contribution >= 4 is 0 Å². The zero-order valence-corrected chi connectivity index (χ0v) is 8.48. The van der Waals surface area contributed by atoms with Crippen molar-refractivity contribution in [3.63, 3.8) is 0 Å².